The van der Waals surface area contributed by atoms with Crippen molar-refractivity contribution >= 4 is 5.97 Å². The molecule has 0 aromatic heterocycles. The first-order valence-corrected chi connectivity index (χ1v) is 15.3. The number of methoxy groups -OCH3 is 2. The molecule has 7 nitrogen and oxygen atoms in total. The smallest absolute Gasteiger partial charge is 0.306 e. The molecule has 0 unspecified atom stereocenters. The molecule has 7 heteroatoms. The van der Waals surface area contributed by atoms with E-state index in [0.29, 0.717) is 50.2 Å². The Balaban J connectivity index is 1.22. The topological polar surface area (TPSA) is 87.9 Å². The van der Waals surface area contributed by atoms with Crippen LogP contribution in [-0.2, 0) is 19.0 Å². The van der Waals surface area contributed by atoms with Gasteiger partial charge in [-0.2, -0.15) is 0 Å². The van der Waals surface area contributed by atoms with Crippen LogP contribution in [0.3, 0.4) is 0 Å². The van der Waals surface area contributed by atoms with Crippen LogP contribution in [0.5, 0.6) is 0 Å². The zero-order chi connectivity index (χ0) is 26.2. The van der Waals surface area contributed by atoms with E-state index in [1.807, 2.05) is 14.2 Å². The summed E-state index contributed by atoms with van der Waals surface area (Å²) in [7, 11) is 3.73. The fourth-order valence-electron chi connectivity index (χ4n) is 8.38. The minimum Gasteiger partial charge on any atom is -0.462 e. The minimum absolute atomic E-state index is 0.102. The van der Waals surface area contributed by atoms with Gasteiger partial charge in [-0.3, -0.25) is 14.9 Å². The number of esters is 1. The van der Waals surface area contributed by atoms with Gasteiger partial charge in [0.05, 0.1) is 12.2 Å². The Bertz CT molecular complexity index is 675. The molecular weight excluding hydrogens is 470 g/mol. The quantitative estimate of drug-likeness (QED) is 0.180. The van der Waals surface area contributed by atoms with E-state index < -0.39 is 6.04 Å². The zero-order valence-electron chi connectivity index (χ0n) is 23.3. The summed E-state index contributed by atoms with van der Waals surface area (Å²) < 4.78 is 17.0. The minimum atomic E-state index is -0.459. The lowest BCUT2D eigenvalue weighted by molar-refractivity contribution is -0.527. The third kappa shape index (κ3) is 8.14. The fourth-order valence-corrected chi connectivity index (χ4v) is 8.38. The van der Waals surface area contributed by atoms with Gasteiger partial charge in [0.15, 0.2) is 0 Å². The van der Waals surface area contributed by atoms with E-state index in [1.165, 1.54) is 77.0 Å². The number of nitrogens with zero attached hydrogens (tertiary/aromatic N) is 1. The Hall–Kier alpha value is -1.21. The average Bonchev–Trinajstić information content (AvgIpc) is 2.94. The first-order valence-electron chi connectivity index (χ1n) is 15.3. The van der Waals surface area contributed by atoms with Crippen molar-refractivity contribution in [3.05, 3.63) is 10.1 Å². The van der Waals surface area contributed by atoms with Gasteiger partial charge in [-0.15, -0.1) is 0 Å². The summed E-state index contributed by atoms with van der Waals surface area (Å²) in [5, 5.41) is 10.9. The summed E-state index contributed by atoms with van der Waals surface area (Å²) in [5.41, 5.74) is 0. The van der Waals surface area contributed by atoms with Gasteiger partial charge in [0.1, 0.15) is 6.10 Å². The van der Waals surface area contributed by atoms with Crippen LogP contribution in [0, 0.1) is 39.7 Å². The van der Waals surface area contributed by atoms with Crippen LogP contribution in [0.15, 0.2) is 0 Å². The molecule has 0 aliphatic heterocycles. The first-order chi connectivity index (χ1) is 18.0. The van der Waals surface area contributed by atoms with Crippen molar-refractivity contribution < 1.29 is 23.9 Å². The van der Waals surface area contributed by atoms with Crippen LogP contribution in [-0.4, -0.2) is 49.5 Å². The average molecular weight is 522 g/mol. The lowest BCUT2D eigenvalue weighted by atomic mass is 9.60. The molecule has 0 bridgehead atoms. The van der Waals surface area contributed by atoms with Crippen LogP contribution < -0.4 is 0 Å². The standard InChI is InChI=1S/C30H51NO6/c1-35-26-14-8-23(9-15-26)30(24-10-16-27(36-2)17-11-24)22-6-3-21(4-7-22)5-20-29(32)37-28-18-12-25(13-19-28)31(33)34/h21-28,30H,3-20H2,1-2H3. The molecule has 37 heavy (non-hydrogen) atoms. The van der Waals surface area contributed by atoms with E-state index >= 15 is 0 Å². The van der Waals surface area contributed by atoms with Gasteiger partial charge >= 0.3 is 5.97 Å². The highest BCUT2D eigenvalue weighted by atomic mass is 16.6. The Morgan fingerprint density at radius 3 is 1.57 bits per heavy atom. The summed E-state index contributed by atoms with van der Waals surface area (Å²) in [6, 6.07) is -0.459. The number of nitro groups is 1. The van der Waals surface area contributed by atoms with Crippen molar-refractivity contribution in [2.24, 2.45) is 29.6 Å². The summed E-state index contributed by atoms with van der Waals surface area (Å²) in [6.07, 6.45) is 19.8. The second-order valence-corrected chi connectivity index (χ2v) is 12.6. The van der Waals surface area contributed by atoms with Gasteiger partial charge < -0.3 is 14.2 Å². The Morgan fingerprint density at radius 1 is 0.703 bits per heavy atom. The van der Waals surface area contributed by atoms with Crippen molar-refractivity contribution in [2.75, 3.05) is 14.2 Å². The molecule has 0 amide bonds. The highest BCUT2D eigenvalue weighted by molar-refractivity contribution is 5.69. The lowest BCUT2D eigenvalue weighted by Crippen LogP contribution is -2.38. The van der Waals surface area contributed by atoms with E-state index in [0.717, 1.165) is 30.1 Å². The van der Waals surface area contributed by atoms with Gasteiger partial charge in [-0.05, 0) is 113 Å². The molecule has 0 aromatic rings. The Kier molecular flexibility index (Phi) is 11.1. The second-order valence-electron chi connectivity index (χ2n) is 12.6. The maximum Gasteiger partial charge on any atom is 0.306 e. The molecule has 212 valence electrons. The molecule has 4 saturated carbocycles. The fraction of sp³-hybridized carbons (Fsp3) is 0.967. The van der Waals surface area contributed by atoms with E-state index in [9.17, 15) is 14.9 Å². The number of carbonyl (C=O) groups excluding carboxylic acids is 1. The molecule has 0 heterocycles. The summed E-state index contributed by atoms with van der Waals surface area (Å²) in [4.78, 5) is 23.2. The number of hydrogen-bond acceptors (Lipinski definition) is 6. The van der Waals surface area contributed by atoms with E-state index in [4.69, 9.17) is 14.2 Å². The van der Waals surface area contributed by atoms with Crippen molar-refractivity contribution in [3.8, 4) is 0 Å². The zero-order valence-corrected chi connectivity index (χ0v) is 23.3. The predicted molar refractivity (Wildman–Crippen MR) is 143 cm³/mol. The van der Waals surface area contributed by atoms with Gasteiger partial charge in [-0.1, -0.05) is 12.8 Å². The van der Waals surface area contributed by atoms with Crippen molar-refractivity contribution in [2.45, 2.75) is 140 Å². The van der Waals surface area contributed by atoms with Crippen LogP contribution in [0.25, 0.3) is 0 Å². The Labute approximate surface area is 223 Å². The van der Waals surface area contributed by atoms with Gasteiger partial charge in [0.25, 0.3) is 0 Å². The lowest BCUT2D eigenvalue weighted by Gasteiger charge is -2.46. The van der Waals surface area contributed by atoms with Crippen molar-refractivity contribution in [1.29, 1.82) is 0 Å². The maximum atomic E-state index is 12.5. The second kappa shape index (κ2) is 14.3. The molecule has 0 saturated heterocycles. The largest absolute Gasteiger partial charge is 0.462 e. The van der Waals surface area contributed by atoms with Gasteiger partial charge in [0, 0.05) is 38.4 Å². The maximum absolute atomic E-state index is 12.5. The summed E-state index contributed by atoms with van der Waals surface area (Å²) in [6.45, 7) is 0. The van der Waals surface area contributed by atoms with Crippen molar-refractivity contribution in [3.63, 3.8) is 0 Å². The summed E-state index contributed by atoms with van der Waals surface area (Å²) in [5.74, 6) is 3.89. The number of ether oxygens (including phenoxy) is 3. The molecule has 0 aromatic carbocycles. The molecule has 4 rings (SSSR count). The van der Waals surface area contributed by atoms with Crippen LogP contribution >= 0.6 is 0 Å². The first kappa shape index (κ1) is 28.8. The third-order valence-corrected chi connectivity index (χ3v) is 10.6. The van der Waals surface area contributed by atoms with Crippen LogP contribution in [0.1, 0.15) is 116 Å². The van der Waals surface area contributed by atoms with Gasteiger partial charge in [-0.25, -0.2) is 0 Å². The molecule has 0 spiro atoms. The van der Waals surface area contributed by atoms with Crippen molar-refractivity contribution in [1.82, 2.24) is 0 Å². The monoisotopic (exact) mass is 521 g/mol. The number of carbonyl (C=O) groups is 1. The highest BCUT2D eigenvalue weighted by Crippen LogP contribution is 2.49. The predicted octanol–water partition coefficient (Wildman–Crippen LogP) is 6.73. The molecule has 0 radical (unpaired) electrons. The molecule has 4 aliphatic rings. The molecule has 4 aliphatic carbocycles. The van der Waals surface area contributed by atoms with Crippen LogP contribution in [0.4, 0.5) is 0 Å². The van der Waals surface area contributed by atoms with E-state index in [-0.39, 0.29) is 17.0 Å². The normalized spacial score (nSPS) is 38.0. The van der Waals surface area contributed by atoms with E-state index in [1.54, 1.807) is 0 Å². The van der Waals surface area contributed by atoms with E-state index in [2.05, 4.69) is 0 Å². The highest BCUT2D eigenvalue weighted by Gasteiger charge is 2.40. The molecular formula is C30H51NO6. The molecule has 4 fully saturated rings. The number of hydrogen-bond donors (Lipinski definition) is 0. The molecule has 0 N–H and O–H groups in total. The third-order valence-electron chi connectivity index (χ3n) is 10.6. The van der Waals surface area contributed by atoms with Crippen LogP contribution in [0.2, 0.25) is 0 Å². The summed E-state index contributed by atoms with van der Waals surface area (Å²) >= 11 is 0. The Morgan fingerprint density at radius 2 is 1.14 bits per heavy atom. The number of rotatable bonds is 10. The SMILES string of the molecule is COC1CCC(C(C2CCC(CCC(=O)OC3CCC([N+](=O)[O-])CC3)CC2)C2CCC(OC)CC2)CC1. The van der Waals surface area contributed by atoms with Gasteiger partial charge in [0.2, 0.25) is 6.04 Å². The molecule has 0 atom stereocenters.